The average molecular weight is 347 g/mol. The summed E-state index contributed by atoms with van der Waals surface area (Å²) in [5.41, 5.74) is -0.204. The molecule has 2 heterocycles. The van der Waals surface area contributed by atoms with Gasteiger partial charge in [0.25, 0.3) is 15.7 Å². The summed E-state index contributed by atoms with van der Waals surface area (Å²) in [6, 6.07) is 5.86. The third-order valence-corrected chi connectivity index (χ3v) is 4.27. The normalized spacial score (nSPS) is 11.2. The van der Waals surface area contributed by atoms with Crippen LogP contribution in [0.3, 0.4) is 0 Å². The van der Waals surface area contributed by atoms with E-state index in [2.05, 4.69) is 24.8 Å². The molecule has 0 aliphatic carbocycles. The molecule has 0 amide bonds. The largest absolute Gasteiger partial charge is 0.269 e. The Morgan fingerprint density at radius 2 is 1.88 bits per heavy atom. The lowest BCUT2D eigenvalue weighted by Crippen LogP contribution is -2.14. The van der Waals surface area contributed by atoms with Crippen LogP contribution in [0.25, 0.3) is 5.82 Å². The first-order valence-electron chi connectivity index (χ1n) is 6.40. The fourth-order valence-electron chi connectivity index (χ4n) is 1.80. The molecule has 2 aromatic heterocycles. The van der Waals surface area contributed by atoms with Gasteiger partial charge < -0.3 is 0 Å². The molecule has 24 heavy (non-hydrogen) atoms. The van der Waals surface area contributed by atoms with E-state index >= 15 is 0 Å². The molecular weight excluding hydrogens is 338 g/mol. The van der Waals surface area contributed by atoms with E-state index < -0.39 is 14.9 Å². The number of nitrogens with one attached hydrogen (secondary N) is 1. The maximum atomic E-state index is 12.3. The molecule has 1 aromatic carbocycles. The highest BCUT2D eigenvalue weighted by molar-refractivity contribution is 7.92. The highest BCUT2D eigenvalue weighted by Gasteiger charge is 2.17. The van der Waals surface area contributed by atoms with Gasteiger partial charge in [0, 0.05) is 18.2 Å². The van der Waals surface area contributed by atoms with Crippen molar-refractivity contribution in [3.05, 3.63) is 59.4 Å². The Morgan fingerprint density at radius 3 is 2.50 bits per heavy atom. The summed E-state index contributed by atoms with van der Waals surface area (Å²) >= 11 is 0. The molecule has 12 heteroatoms. The van der Waals surface area contributed by atoms with Crippen molar-refractivity contribution in [1.82, 2.24) is 24.7 Å². The van der Waals surface area contributed by atoms with E-state index in [4.69, 9.17) is 0 Å². The number of aromatic nitrogens is 5. The third-order valence-electron chi connectivity index (χ3n) is 2.90. The van der Waals surface area contributed by atoms with Gasteiger partial charge in [0.15, 0.2) is 5.82 Å². The van der Waals surface area contributed by atoms with Crippen LogP contribution in [-0.2, 0) is 10.0 Å². The molecule has 0 spiro atoms. The van der Waals surface area contributed by atoms with Gasteiger partial charge in [0.1, 0.15) is 24.8 Å². The van der Waals surface area contributed by atoms with E-state index in [9.17, 15) is 18.5 Å². The van der Waals surface area contributed by atoms with Crippen LogP contribution in [0, 0.1) is 10.1 Å². The van der Waals surface area contributed by atoms with Crippen molar-refractivity contribution in [2.24, 2.45) is 0 Å². The van der Waals surface area contributed by atoms with E-state index in [1.807, 2.05) is 0 Å². The predicted octanol–water partition coefficient (Wildman–Crippen LogP) is 0.766. The monoisotopic (exact) mass is 347 g/mol. The van der Waals surface area contributed by atoms with Gasteiger partial charge in [-0.15, -0.1) is 0 Å². The molecule has 0 fully saturated rings. The highest BCUT2D eigenvalue weighted by atomic mass is 32.2. The molecule has 0 bridgehead atoms. The number of hydrogen-bond acceptors (Lipinski definition) is 8. The first kappa shape index (κ1) is 15.5. The van der Waals surface area contributed by atoms with Gasteiger partial charge in [-0.1, -0.05) is 0 Å². The van der Waals surface area contributed by atoms with Crippen LogP contribution in [0.2, 0.25) is 0 Å². The summed E-state index contributed by atoms with van der Waals surface area (Å²) in [7, 11) is -3.95. The van der Waals surface area contributed by atoms with Gasteiger partial charge in [0.2, 0.25) is 0 Å². The van der Waals surface area contributed by atoms with Gasteiger partial charge >= 0.3 is 0 Å². The number of benzene rings is 1. The lowest BCUT2D eigenvalue weighted by Gasteiger charge is -2.08. The molecule has 0 saturated carbocycles. The van der Waals surface area contributed by atoms with Crippen LogP contribution in [0.5, 0.6) is 0 Å². The first-order valence-corrected chi connectivity index (χ1v) is 7.88. The smallest absolute Gasteiger partial charge is 0.263 e. The number of sulfonamides is 1. The van der Waals surface area contributed by atoms with Crippen molar-refractivity contribution in [1.29, 1.82) is 0 Å². The van der Waals surface area contributed by atoms with Crippen molar-refractivity contribution in [2.75, 3.05) is 4.72 Å². The fourth-order valence-corrected chi connectivity index (χ4v) is 2.80. The molecule has 0 unspecified atom stereocenters. The zero-order chi connectivity index (χ0) is 17.2. The molecule has 1 N–H and O–H groups in total. The van der Waals surface area contributed by atoms with Crippen LogP contribution in [0.1, 0.15) is 0 Å². The molecule has 0 atom stereocenters. The second-order valence-electron chi connectivity index (χ2n) is 4.46. The topological polar surface area (TPSA) is 146 Å². The Bertz CT molecular complexity index is 971. The number of non-ortho nitro benzene ring substituents is 1. The van der Waals surface area contributed by atoms with E-state index in [0.29, 0.717) is 5.82 Å². The summed E-state index contributed by atoms with van der Waals surface area (Å²) in [5.74, 6) is 0.345. The third kappa shape index (κ3) is 3.17. The second kappa shape index (κ2) is 6.00. The lowest BCUT2D eigenvalue weighted by atomic mass is 10.3. The first-order chi connectivity index (χ1) is 11.5. The van der Waals surface area contributed by atoms with E-state index in [1.54, 1.807) is 0 Å². The van der Waals surface area contributed by atoms with E-state index in [0.717, 1.165) is 24.3 Å². The van der Waals surface area contributed by atoms with Crippen molar-refractivity contribution >= 4 is 21.5 Å². The molecule has 0 aliphatic heterocycles. The summed E-state index contributed by atoms with van der Waals surface area (Å²) in [6.45, 7) is 0. The van der Waals surface area contributed by atoms with Gasteiger partial charge in [-0.2, -0.15) is 5.10 Å². The van der Waals surface area contributed by atoms with Gasteiger partial charge in [-0.25, -0.2) is 28.1 Å². The number of nitrogens with zero attached hydrogens (tertiary/aromatic N) is 6. The minimum Gasteiger partial charge on any atom is -0.263 e. The SMILES string of the molecule is O=[N+]([O-])c1ccc(S(=O)(=O)Nc2cc(-n3cncn3)ncn2)cc1. The molecule has 122 valence electrons. The molecular formula is C12H9N7O4S. The fraction of sp³-hybridized carbons (Fsp3) is 0. The average Bonchev–Trinajstić information content (AvgIpc) is 3.09. The minimum absolute atomic E-state index is 0.0221. The molecule has 3 rings (SSSR count). The number of hydrogen-bond donors (Lipinski definition) is 1. The quantitative estimate of drug-likeness (QED) is 0.526. The van der Waals surface area contributed by atoms with E-state index in [-0.39, 0.29) is 16.4 Å². The number of nitro groups is 1. The Labute approximate surface area is 135 Å². The summed E-state index contributed by atoms with van der Waals surface area (Å²) in [4.78, 5) is 21.4. The van der Waals surface area contributed by atoms with Crippen molar-refractivity contribution < 1.29 is 13.3 Å². The maximum Gasteiger partial charge on any atom is 0.269 e. The zero-order valence-electron chi connectivity index (χ0n) is 11.8. The maximum absolute atomic E-state index is 12.3. The second-order valence-corrected chi connectivity index (χ2v) is 6.14. The minimum atomic E-state index is -3.95. The van der Waals surface area contributed by atoms with Crippen LogP contribution < -0.4 is 4.72 Å². The van der Waals surface area contributed by atoms with Crippen LogP contribution in [-0.4, -0.2) is 38.1 Å². The lowest BCUT2D eigenvalue weighted by molar-refractivity contribution is -0.384. The van der Waals surface area contributed by atoms with Gasteiger partial charge in [-0.3, -0.25) is 14.8 Å². The molecule has 0 aliphatic rings. The Kier molecular flexibility index (Phi) is 3.87. The Balaban J connectivity index is 1.87. The van der Waals surface area contributed by atoms with Gasteiger partial charge in [0.05, 0.1) is 9.82 Å². The van der Waals surface area contributed by atoms with Crippen molar-refractivity contribution in [2.45, 2.75) is 4.90 Å². The number of anilines is 1. The van der Waals surface area contributed by atoms with Crippen LogP contribution >= 0.6 is 0 Å². The summed E-state index contributed by atoms with van der Waals surface area (Å²) in [6.07, 6.45) is 3.88. The van der Waals surface area contributed by atoms with Crippen molar-refractivity contribution in [3.63, 3.8) is 0 Å². The number of nitro benzene ring substituents is 1. The van der Waals surface area contributed by atoms with Gasteiger partial charge in [-0.05, 0) is 12.1 Å². The van der Waals surface area contributed by atoms with Crippen LogP contribution in [0.15, 0.2) is 54.2 Å². The standard InChI is InChI=1S/C12H9N7O4S/c20-19(21)9-1-3-10(4-2-9)24(22,23)17-11-5-12(15-7-14-11)18-8-13-6-16-18/h1-8H,(H,14,15,17). The zero-order valence-corrected chi connectivity index (χ0v) is 12.7. The number of rotatable bonds is 5. The Hall–Kier alpha value is -3.41. The molecule has 0 radical (unpaired) electrons. The van der Waals surface area contributed by atoms with Crippen LogP contribution in [0.4, 0.5) is 11.5 Å². The summed E-state index contributed by atoms with van der Waals surface area (Å²) < 4.78 is 28.2. The molecule has 3 aromatic rings. The van der Waals surface area contributed by atoms with Crippen molar-refractivity contribution in [3.8, 4) is 5.82 Å². The Morgan fingerprint density at radius 1 is 1.12 bits per heavy atom. The molecule has 0 saturated heterocycles. The highest BCUT2D eigenvalue weighted by Crippen LogP contribution is 2.18. The predicted molar refractivity (Wildman–Crippen MR) is 80.9 cm³/mol. The molecule has 11 nitrogen and oxygen atoms in total. The summed E-state index contributed by atoms with van der Waals surface area (Å²) in [5, 5.41) is 14.5. The van der Waals surface area contributed by atoms with E-state index in [1.165, 1.54) is 29.7 Å².